The molecule has 7 nitrogen and oxygen atoms in total. The fourth-order valence-electron chi connectivity index (χ4n) is 2.06. The fraction of sp³-hybridized carbons (Fsp3) is 0.176. The quantitative estimate of drug-likeness (QED) is 0.452. The number of amides is 1. The second kappa shape index (κ2) is 8.64. The van der Waals surface area contributed by atoms with Gasteiger partial charge in [0.25, 0.3) is 11.6 Å². The molecule has 26 heavy (non-hydrogen) atoms. The van der Waals surface area contributed by atoms with E-state index in [0.717, 1.165) is 0 Å². The molecule has 9 heteroatoms. The zero-order chi connectivity index (χ0) is 19.3. The summed E-state index contributed by atoms with van der Waals surface area (Å²) in [5, 5.41) is 14.0. The third kappa shape index (κ3) is 5.44. The molecule has 0 unspecified atom stereocenters. The minimum absolute atomic E-state index is 0.0694. The highest BCUT2D eigenvalue weighted by molar-refractivity contribution is 6.42. The number of halogens is 2. The molecule has 0 radical (unpaired) electrons. The topological polar surface area (TPSA) is 98.5 Å². The Morgan fingerprint density at radius 1 is 1.15 bits per heavy atom. The van der Waals surface area contributed by atoms with E-state index in [1.54, 1.807) is 19.1 Å². The van der Waals surface area contributed by atoms with Gasteiger partial charge in [-0.1, -0.05) is 35.3 Å². The van der Waals surface area contributed by atoms with Crippen molar-refractivity contribution in [3.8, 4) is 0 Å². The molecule has 0 heterocycles. The third-order valence-electron chi connectivity index (χ3n) is 3.40. The maximum atomic E-state index is 11.9. The molecule has 0 aliphatic heterocycles. The standard InChI is InChI=1S/C17H14Cl2N2O5/c1-10-2-4-12(21(24)25)8-15(10)20-16(22)9-26-17(23)7-11-3-5-13(18)14(19)6-11/h2-6,8H,7,9H2,1H3,(H,20,22). The highest BCUT2D eigenvalue weighted by Gasteiger charge is 2.13. The van der Waals surface area contributed by atoms with Crippen molar-refractivity contribution in [3.63, 3.8) is 0 Å². The van der Waals surface area contributed by atoms with Crippen LogP contribution in [-0.4, -0.2) is 23.4 Å². The Labute approximate surface area is 159 Å². The van der Waals surface area contributed by atoms with Crippen molar-refractivity contribution in [3.05, 3.63) is 67.7 Å². The van der Waals surface area contributed by atoms with E-state index in [4.69, 9.17) is 27.9 Å². The number of nitrogens with one attached hydrogen (secondary N) is 1. The maximum Gasteiger partial charge on any atom is 0.310 e. The van der Waals surface area contributed by atoms with E-state index < -0.39 is 23.4 Å². The summed E-state index contributed by atoms with van der Waals surface area (Å²) in [4.78, 5) is 33.9. The van der Waals surface area contributed by atoms with Crippen molar-refractivity contribution in [2.75, 3.05) is 11.9 Å². The van der Waals surface area contributed by atoms with E-state index in [1.165, 1.54) is 24.3 Å². The van der Waals surface area contributed by atoms with E-state index in [0.29, 0.717) is 21.2 Å². The largest absolute Gasteiger partial charge is 0.455 e. The number of ether oxygens (including phenoxy) is 1. The number of nitro groups is 1. The molecule has 0 atom stereocenters. The van der Waals surface area contributed by atoms with E-state index in [-0.39, 0.29) is 17.8 Å². The molecule has 0 bridgehead atoms. The number of aryl methyl sites for hydroxylation is 1. The van der Waals surface area contributed by atoms with Gasteiger partial charge in [-0.15, -0.1) is 0 Å². The number of nitro benzene ring substituents is 1. The first-order valence-corrected chi connectivity index (χ1v) is 8.16. The molecule has 0 spiro atoms. The van der Waals surface area contributed by atoms with E-state index >= 15 is 0 Å². The van der Waals surface area contributed by atoms with Crippen LogP contribution in [0, 0.1) is 17.0 Å². The summed E-state index contributed by atoms with van der Waals surface area (Å²) in [7, 11) is 0. The van der Waals surface area contributed by atoms with Gasteiger partial charge in [-0.25, -0.2) is 0 Å². The SMILES string of the molecule is Cc1ccc([N+](=O)[O-])cc1NC(=O)COC(=O)Cc1ccc(Cl)c(Cl)c1. The van der Waals surface area contributed by atoms with Crippen molar-refractivity contribution in [2.45, 2.75) is 13.3 Å². The average Bonchev–Trinajstić information content (AvgIpc) is 2.58. The number of benzene rings is 2. The first-order chi connectivity index (χ1) is 12.3. The van der Waals surface area contributed by atoms with Crippen LogP contribution in [0.5, 0.6) is 0 Å². The third-order valence-corrected chi connectivity index (χ3v) is 4.14. The van der Waals surface area contributed by atoms with Crippen molar-refractivity contribution >= 4 is 46.5 Å². The monoisotopic (exact) mass is 396 g/mol. The van der Waals surface area contributed by atoms with Crippen LogP contribution in [0.3, 0.4) is 0 Å². The summed E-state index contributed by atoms with van der Waals surface area (Å²) < 4.78 is 4.91. The number of hydrogen-bond donors (Lipinski definition) is 1. The Morgan fingerprint density at radius 2 is 1.88 bits per heavy atom. The van der Waals surface area contributed by atoms with Crippen LogP contribution in [0.1, 0.15) is 11.1 Å². The molecule has 136 valence electrons. The number of esters is 1. The molecular formula is C17H14Cl2N2O5. The summed E-state index contributed by atoms with van der Waals surface area (Å²) in [6, 6.07) is 8.82. The zero-order valence-corrected chi connectivity index (χ0v) is 15.1. The van der Waals surface area contributed by atoms with Gasteiger partial charge < -0.3 is 10.1 Å². The molecule has 1 amide bonds. The average molecular weight is 397 g/mol. The molecule has 0 saturated carbocycles. The van der Waals surface area contributed by atoms with Crippen LogP contribution in [0.15, 0.2) is 36.4 Å². The lowest BCUT2D eigenvalue weighted by Gasteiger charge is -2.09. The number of anilines is 1. The maximum absolute atomic E-state index is 11.9. The van der Waals surface area contributed by atoms with Crippen molar-refractivity contribution < 1.29 is 19.2 Å². The molecule has 0 fully saturated rings. The number of carbonyl (C=O) groups excluding carboxylic acids is 2. The lowest BCUT2D eigenvalue weighted by Crippen LogP contribution is -2.22. The van der Waals surface area contributed by atoms with Gasteiger partial charge in [-0.2, -0.15) is 0 Å². The summed E-state index contributed by atoms with van der Waals surface area (Å²) >= 11 is 11.7. The summed E-state index contributed by atoms with van der Waals surface area (Å²) in [6.45, 7) is 1.18. The fourth-order valence-corrected chi connectivity index (χ4v) is 2.38. The second-order valence-electron chi connectivity index (χ2n) is 5.39. The normalized spacial score (nSPS) is 10.3. The minimum atomic E-state index is -0.616. The van der Waals surface area contributed by atoms with Crippen molar-refractivity contribution in [2.24, 2.45) is 0 Å². The predicted molar refractivity (Wildman–Crippen MR) is 97.6 cm³/mol. The zero-order valence-electron chi connectivity index (χ0n) is 13.6. The van der Waals surface area contributed by atoms with E-state index in [1.807, 2.05) is 0 Å². The lowest BCUT2D eigenvalue weighted by molar-refractivity contribution is -0.384. The smallest absolute Gasteiger partial charge is 0.310 e. The van der Waals surface area contributed by atoms with Gasteiger partial charge in [0.2, 0.25) is 0 Å². The van der Waals surface area contributed by atoms with Crippen molar-refractivity contribution in [1.82, 2.24) is 0 Å². The van der Waals surface area contributed by atoms with Gasteiger partial charge in [-0.05, 0) is 30.2 Å². The molecule has 2 aromatic carbocycles. The molecule has 1 N–H and O–H groups in total. The van der Waals surface area contributed by atoms with Gasteiger partial charge in [0, 0.05) is 12.1 Å². The Kier molecular flexibility index (Phi) is 6.54. The molecule has 2 rings (SSSR count). The van der Waals surface area contributed by atoms with Gasteiger partial charge in [-0.3, -0.25) is 19.7 Å². The lowest BCUT2D eigenvalue weighted by atomic mass is 10.1. The van der Waals surface area contributed by atoms with Gasteiger partial charge in [0.05, 0.1) is 27.1 Å². The van der Waals surface area contributed by atoms with Crippen molar-refractivity contribution in [1.29, 1.82) is 0 Å². The van der Waals surface area contributed by atoms with Crippen LogP contribution in [-0.2, 0) is 20.7 Å². The minimum Gasteiger partial charge on any atom is -0.455 e. The van der Waals surface area contributed by atoms with Crippen LogP contribution in [0.4, 0.5) is 11.4 Å². The van der Waals surface area contributed by atoms with Crippen LogP contribution < -0.4 is 5.32 Å². The Morgan fingerprint density at radius 3 is 2.54 bits per heavy atom. The molecule has 2 aromatic rings. The number of rotatable bonds is 6. The van der Waals surface area contributed by atoms with E-state index in [9.17, 15) is 19.7 Å². The number of non-ortho nitro benzene ring substituents is 1. The van der Waals surface area contributed by atoms with Crippen LogP contribution in [0.25, 0.3) is 0 Å². The van der Waals surface area contributed by atoms with Gasteiger partial charge in [0.15, 0.2) is 6.61 Å². The summed E-state index contributed by atoms with van der Waals surface area (Å²) in [5.41, 5.74) is 1.37. The second-order valence-corrected chi connectivity index (χ2v) is 6.20. The van der Waals surface area contributed by atoms with Crippen LogP contribution >= 0.6 is 23.2 Å². The first-order valence-electron chi connectivity index (χ1n) is 7.40. The molecular weight excluding hydrogens is 383 g/mol. The Balaban J connectivity index is 1.90. The molecule has 0 aliphatic rings. The first kappa shape index (κ1) is 19.7. The van der Waals surface area contributed by atoms with E-state index in [2.05, 4.69) is 5.32 Å². The summed E-state index contributed by atoms with van der Waals surface area (Å²) in [6.07, 6.45) is -0.0694. The number of carbonyl (C=O) groups is 2. The molecule has 0 saturated heterocycles. The van der Waals surface area contributed by atoms with Gasteiger partial charge in [0.1, 0.15) is 0 Å². The van der Waals surface area contributed by atoms with Gasteiger partial charge >= 0.3 is 5.97 Å². The Bertz CT molecular complexity index is 870. The Hall–Kier alpha value is -2.64. The highest BCUT2D eigenvalue weighted by atomic mass is 35.5. The highest BCUT2D eigenvalue weighted by Crippen LogP contribution is 2.23. The predicted octanol–water partition coefficient (Wildman–Crippen LogP) is 3.93. The molecule has 0 aliphatic carbocycles. The summed E-state index contributed by atoms with van der Waals surface area (Å²) in [5.74, 6) is -1.22. The molecule has 0 aromatic heterocycles. The number of nitrogens with zero attached hydrogens (tertiary/aromatic N) is 1. The van der Waals surface area contributed by atoms with Crippen LogP contribution in [0.2, 0.25) is 10.0 Å². The number of hydrogen-bond acceptors (Lipinski definition) is 5.